The van der Waals surface area contributed by atoms with E-state index in [0.717, 1.165) is 47.4 Å². The van der Waals surface area contributed by atoms with Crippen LogP contribution in [-0.2, 0) is 29.1 Å². The third-order valence-corrected chi connectivity index (χ3v) is 6.14. The van der Waals surface area contributed by atoms with Crippen LogP contribution < -0.4 is 15.4 Å². The molecule has 7 heteroatoms. The first-order valence-corrected chi connectivity index (χ1v) is 12.6. The molecule has 0 aliphatic carbocycles. The Kier molecular flexibility index (Phi) is 9.45. The van der Waals surface area contributed by atoms with Gasteiger partial charge in [0, 0.05) is 49.7 Å². The lowest BCUT2D eigenvalue weighted by molar-refractivity contribution is -0.122. The Morgan fingerprint density at radius 1 is 0.972 bits per heavy atom. The first-order valence-electron chi connectivity index (χ1n) is 12.6. The summed E-state index contributed by atoms with van der Waals surface area (Å²) in [7, 11) is 0. The first-order chi connectivity index (χ1) is 17.7. The lowest BCUT2D eigenvalue weighted by Crippen LogP contribution is -2.37. The molecule has 0 fully saturated rings. The second-order valence-electron chi connectivity index (χ2n) is 9.12. The number of carbonyl (C=O) groups is 2. The minimum absolute atomic E-state index is 0.0381. The van der Waals surface area contributed by atoms with E-state index in [4.69, 9.17) is 4.74 Å². The molecular formula is C29H34N4O3. The first kappa shape index (κ1) is 25.4. The number of nitrogens with zero attached hydrogens (tertiary/aromatic N) is 2. The minimum Gasteiger partial charge on any atom is -0.493 e. The average molecular weight is 487 g/mol. The number of hydrogen-bond donors (Lipinski definition) is 2. The summed E-state index contributed by atoms with van der Waals surface area (Å²) in [6.45, 7) is 2.89. The lowest BCUT2D eigenvalue weighted by atomic mass is 10.0. The molecule has 0 saturated heterocycles. The normalized spacial score (nSPS) is 15.3. The van der Waals surface area contributed by atoms with Crippen LogP contribution in [0.15, 0.2) is 73.1 Å². The molecule has 0 unspecified atom stereocenters. The van der Waals surface area contributed by atoms with Crippen LogP contribution >= 0.6 is 0 Å². The Balaban J connectivity index is 1.49. The van der Waals surface area contributed by atoms with Crippen molar-refractivity contribution in [2.45, 2.75) is 45.2 Å². The molecule has 36 heavy (non-hydrogen) atoms. The van der Waals surface area contributed by atoms with E-state index < -0.39 is 0 Å². The predicted octanol–water partition coefficient (Wildman–Crippen LogP) is 4.33. The number of benzene rings is 2. The van der Waals surface area contributed by atoms with Crippen LogP contribution in [0.5, 0.6) is 5.75 Å². The molecule has 2 aromatic carbocycles. The van der Waals surface area contributed by atoms with E-state index in [1.165, 1.54) is 0 Å². The van der Waals surface area contributed by atoms with E-state index in [1.54, 1.807) is 24.5 Å². The van der Waals surface area contributed by atoms with Gasteiger partial charge in [0.2, 0.25) is 11.8 Å². The second-order valence-corrected chi connectivity index (χ2v) is 9.12. The molecule has 1 aliphatic heterocycles. The zero-order valence-corrected chi connectivity index (χ0v) is 20.6. The Morgan fingerprint density at radius 2 is 1.81 bits per heavy atom. The average Bonchev–Trinajstić information content (AvgIpc) is 2.90. The number of aromatic nitrogens is 1. The lowest BCUT2D eigenvalue weighted by Gasteiger charge is -2.24. The van der Waals surface area contributed by atoms with Gasteiger partial charge in [-0.2, -0.15) is 0 Å². The molecule has 2 amide bonds. The molecule has 0 bridgehead atoms. The van der Waals surface area contributed by atoms with Crippen LogP contribution in [0.2, 0.25) is 0 Å². The van der Waals surface area contributed by atoms with E-state index in [1.807, 2.05) is 30.3 Å². The van der Waals surface area contributed by atoms with Crippen molar-refractivity contribution in [1.29, 1.82) is 0 Å². The molecule has 0 radical (unpaired) electrons. The summed E-state index contributed by atoms with van der Waals surface area (Å²) in [5, 5.41) is 5.96. The van der Waals surface area contributed by atoms with E-state index in [-0.39, 0.29) is 11.8 Å². The van der Waals surface area contributed by atoms with Gasteiger partial charge in [0.15, 0.2) is 0 Å². The van der Waals surface area contributed by atoms with Gasteiger partial charge in [0.25, 0.3) is 0 Å². The topological polar surface area (TPSA) is 83.6 Å². The van der Waals surface area contributed by atoms with Gasteiger partial charge in [-0.1, -0.05) is 42.5 Å². The Hall–Kier alpha value is -3.71. The summed E-state index contributed by atoms with van der Waals surface area (Å²) in [4.78, 5) is 31.2. The number of carbonyl (C=O) groups excluding carboxylic acids is 2. The van der Waals surface area contributed by atoms with Gasteiger partial charge in [-0.25, -0.2) is 0 Å². The number of anilines is 1. The van der Waals surface area contributed by atoms with Crippen molar-refractivity contribution in [3.8, 4) is 5.75 Å². The third-order valence-electron chi connectivity index (χ3n) is 6.14. The van der Waals surface area contributed by atoms with Crippen LogP contribution in [0.1, 0.15) is 42.4 Å². The van der Waals surface area contributed by atoms with E-state index in [2.05, 4.69) is 38.7 Å². The maximum Gasteiger partial charge on any atom is 0.234 e. The molecule has 1 aromatic heterocycles. The highest BCUT2D eigenvalue weighted by Crippen LogP contribution is 2.24. The maximum atomic E-state index is 12.7. The van der Waals surface area contributed by atoms with Crippen molar-refractivity contribution in [3.05, 3.63) is 89.7 Å². The smallest absolute Gasteiger partial charge is 0.234 e. The maximum absolute atomic E-state index is 12.7. The van der Waals surface area contributed by atoms with Crippen molar-refractivity contribution < 1.29 is 14.3 Å². The fourth-order valence-electron chi connectivity index (χ4n) is 4.29. The molecule has 0 atom stereocenters. The second kappa shape index (κ2) is 13.4. The van der Waals surface area contributed by atoms with Gasteiger partial charge < -0.3 is 15.4 Å². The highest BCUT2D eigenvalue weighted by atomic mass is 16.5. The van der Waals surface area contributed by atoms with Crippen LogP contribution in [0.3, 0.4) is 0 Å². The number of fused-ring (bicyclic) bond motifs is 1. The highest BCUT2D eigenvalue weighted by Gasteiger charge is 2.16. The SMILES string of the molecule is O=C1CN(Cc2ccccc2)Cc2cc(CCC(=O)Nc3ccncc3)ccc2OCCCCCN1. The molecule has 0 spiro atoms. The van der Waals surface area contributed by atoms with Gasteiger partial charge in [-0.15, -0.1) is 0 Å². The summed E-state index contributed by atoms with van der Waals surface area (Å²) in [6.07, 6.45) is 7.20. The van der Waals surface area contributed by atoms with Crippen molar-refractivity contribution in [1.82, 2.24) is 15.2 Å². The number of hydrogen-bond acceptors (Lipinski definition) is 5. The number of aryl methyl sites for hydroxylation is 1. The predicted molar refractivity (Wildman–Crippen MR) is 141 cm³/mol. The minimum atomic E-state index is -0.0381. The molecule has 7 nitrogen and oxygen atoms in total. The van der Waals surface area contributed by atoms with E-state index in [0.29, 0.717) is 45.6 Å². The molecule has 3 aromatic rings. The van der Waals surface area contributed by atoms with Crippen LogP contribution in [0.4, 0.5) is 5.69 Å². The van der Waals surface area contributed by atoms with Gasteiger partial charge in [-0.05, 0) is 55.0 Å². The number of ether oxygens (including phenoxy) is 1. The molecule has 2 N–H and O–H groups in total. The fourth-order valence-corrected chi connectivity index (χ4v) is 4.29. The molecule has 188 valence electrons. The standard InChI is InChI=1S/C29H34N4O3/c34-28(32-26-13-16-30-17-14-26)12-10-23-9-11-27-25(19-23)21-33(20-24-7-3-1-4-8-24)22-29(35)31-15-5-2-6-18-36-27/h1,3-4,7-9,11,13-14,16-17,19H,2,5-6,10,12,15,18,20-22H2,(H,31,35)(H,30,32,34). The zero-order valence-electron chi connectivity index (χ0n) is 20.6. The summed E-state index contributed by atoms with van der Waals surface area (Å²) < 4.78 is 6.17. The summed E-state index contributed by atoms with van der Waals surface area (Å²) in [5.74, 6) is 0.845. The monoisotopic (exact) mass is 486 g/mol. The zero-order chi connectivity index (χ0) is 25.0. The van der Waals surface area contributed by atoms with Gasteiger partial charge >= 0.3 is 0 Å². The van der Waals surface area contributed by atoms with Crippen LogP contribution in [0, 0.1) is 0 Å². The quantitative estimate of drug-likeness (QED) is 0.542. The molecule has 1 aliphatic rings. The molecular weight excluding hydrogens is 452 g/mol. The van der Waals surface area contributed by atoms with E-state index in [9.17, 15) is 9.59 Å². The van der Waals surface area contributed by atoms with E-state index >= 15 is 0 Å². The third kappa shape index (κ3) is 8.20. The number of rotatable bonds is 6. The summed E-state index contributed by atoms with van der Waals surface area (Å²) in [6, 6.07) is 19.9. The van der Waals surface area contributed by atoms with Crippen molar-refractivity contribution in [3.63, 3.8) is 0 Å². The highest BCUT2D eigenvalue weighted by molar-refractivity contribution is 5.90. The van der Waals surface area contributed by atoms with Crippen molar-refractivity contribution in [2.24, 2.45) is 0 Å². The summed E-state index contributed by atoms with van der Waals surface area (Å²) in [5.41, 5.74) is 3.99. The molecule has 2 heterocycles. The van der Waals surface area contributed by atoms with Crippen LogP contribution in [0.25, 0.3) is 0 Å². The number of pyridine rings is 1. The summed E-state index contributed by atoms with van der Waals surface area (Å²) >= 11 is 0. The Labute approximate surface area is 212 Å². The van der Waals surface area contributed by atoms with Gasteiger partial charge in [0.1, 0.15) is 5.75 Å². The van der Waals surface area contributed by atoms with Gasteiger partial charge in [0.05, 0.1) is 13.2 Å². The fraction of sp³-hybridized carbons (Fsp3) is 0.345. The van der Waals surface area contributed by atoms with Crippen molar-refractivity contribution in [2.75, 3.05) is 25.0 Å². The van der Waals surface area contributed by atoms with Crippen LogP contribution in [-0.4, -0.2) is 41.4 Å². The Morgan fingerprint density at radius 3 is 2.64 bits per heavy atom. The largest absolute Gasteiger partial charge is 0.493 e. The molecule has 0 saturated carbocycles. The Bertz CT molecular complexity index is 1120. The number of amides is 2. The van der Waals surface area contributed by atoms with Gasteiger partial charge in [-0.3, -0.25) is 19.5 Å². The number of nitrogens with one attached hydrogen (secondary N) is 2. The molecule has 4 rings (SSSR count). The van der Waals surface area contributed by atoms with Crippen molar-refractivity contribution >= 4 is 17.5 Å².